The van der Waals surface area contributed by atoms with Crippen LogP contribution in [0.25, 0.3) is 0 Å². The Morgan fingerprint density at radius 2 is 2.19 bits per heavy atom. The van der Waals surface area contributed by atoms with Gasteiger partial charge in [-0.15, -0.1) is 0 Å². The summed E-state index contributed by atoms with van der Waals surface area (Å²) in [5.41, 5.74) is 0. The molecule has 0 aromatic rings. The molecule has 3 fully saturated rings. The summed E-state index contributed by atoms with van der Waals surface area (Å²) in [5, 5.41) is 3.56. The first-order chi connectivity index (χ1) is 7.84. The summed E-state index contributed by atoms with van der Waals surface area (Å²) in [5.74, 6) is 3.07. The molecule has 3 heterocycles. The largest absolute Gasteiger partial charge is 0.342 e. The van der Waals surface area contributed by atoms with Gasteiger partial charge in [0.2, 0.25) is 5.91 Å². The van der Waals surface area contributed by atoms with Gasteiger partial charge >= 0.3 is 0 Å². The van der Waals surface area contributed by atoms with Crippen LogP contribution in [0, 0.1) is 5.92 Å². The lowest BCUT2D eigenvalue weighted by Crippen LogP contribution is -2.42. The first-order valence-corrected chi connectivity index (χ1v) is 7.62. The highest BCUT2D eigenvalue weighted by atomic mass is 32.2. The number of hydrogen-bond donors (Lipinski definition) is 1. The molecule has 3 unspecified atom stereocenters. The van der Waals surface area contributed by atoms with Crippen LogP contribution in [0.3, 0.4) is 0 Å². The van der Waals surface area contributed by atoms with Gasteiger partial charge in [-0.25, -0.2) is 0 Å². The first-order valence-electron chi connectivity index (χ1n) is 6.47. The molecule has 0 radical (unpaired) electrons. The molecule has 2 bridgehead atoms. The van der Waals surface area contributed by atoms with Gasteiger partial charge in [0.15, 0.2) is 0 Å². The van der Waals surface area contributed by atoms with Crippen molar-refractivity contribution in [3.05, 3.63) is 0 Å². The molecule has 16 heavy (non-hydrogen) atoms. The van der Waals surface area contributed by atoms with Gasteiger partial charge in [-0.1, -0.05) is 0 Å². The Balaban J connectivity index is 1.63. The van der Waals surface area contributed by atoms with Crippen molar-refractivity contribution < 1.29 is 4.79 Å². The van der Waals surface area contributed by atoms with Gasteiger partial charge in [-0.3, -0.25) is 4.79 Å². The first kappa shape index (κ1) is 10.9. The second-order valence-electron chi connectivity index (χ2n) is 5.18. The summed E-state index contributed by atoms with van der Waals surface area (Å²) in [6.45, 7) is 1.96. The molecule has 4 heteroatoms. The van der Waals surface area contributed by atoms with E-state index in [1.54, 1.807) is 0 Å². The van der Waals surface area contributed by atoms with Gasteiger partial charge in [-0.05, 0) is 31.4 Å². The van der Waals surface area contributed by atoms with Crippen molar-refractivity contribution in [3.8, 4) is 0 Å². The van der Waals surface area contributed by atoms with Crippen molar-refractivity contribution in [1.82, 2.24) is 10.2 Å². The molecule has 1 amide bonds. The summed E-state index contributed by atoms with van der Waals surface area (Å²) in [6, 6.07) is 1.13. The predicted octanol–water partition coefficient (Wildman–Crippen LogP) is 1.09. The van der Waals surface area contributed by atoms with E-state index >= 15 is 0 Å². The number of rotatable bonds is 1. The Labute approximate surface area is 101 Å². The SMILES string of the molecule is O=C(C1CC2CCC1N2)N1CCCSCC1. The molecule has 3 aliphatic heterocycles. The third-order valence-corrected chi connectivity index (χ3v) is 5.20. The van der Waals surface area contributed by atoms with Crippen LogP contribution in [0.2, 0.25) is 0 Å². The average molecular weight is 240 g/mol. The van der Waals surface area contributed by atoms with Gasteiger partial charge in [0.25, 0.3) is 0 Å². The second-order valence-corrected chi connectivity index (χ2v) is 6.41. The van der Waals surface area contributed by atoms with E-state index in [1.807, 2.05) is 11.8 Å². The fourth-order valence-electron chi connectivity index (χ4n) is 3.30. The number of thioether (sulfide) groups is 1. The number of nitrogens with one attached hydrogen (secondary N) is 1. The zero-order chi connectivity index (χ0) is 11.0. The normalized spacial score (nSPS) is 38.8. The van der Waals surface area contributed by atoms with Gasteiger partial charge in [-0.2, -0.15) is 11.8 Å². The van der Waals surface area contributed by atoms with Gasteiger partial charge in [0.05, 0.1) is 5.92 Å². The number of carbonyl (C=O) groups excluding carboxylic acids is 1. The van der Waals surface area contributed by atoms with Crippen molar-refractivity contribution in [1.29, 1.82) is 0 Å². The molecule has 0 aliphatic carbocycles. The van der Waals surface area contributed by atoms with Crippen molar-refractivity contribution in [2.24, 2.45) is 5.92 Å². The molecule has 3 aliphatic rings. The number of amides is 1. The molecule has 0 spiro atoms. The van der Waals surface area contributed by atoms with Crippen LogP contribution in [0.15, 0.2) is 0 Å². The molecule has 0 aromatic carbocycles. The quantitative estimate of drug-likeness (QED) is 0.745. The third kappa shape index (κ3) is 1.97. The molecular weight excluding hydrogens is 220 g/mol. The molecule has 3 nitrogen and oxygen atoms in total. The highest BCUT2D eigenvalue weighted by Gasteiger charge is 2.44. The standard InChI is InChI=1S/C12H20N2OS/c15-12(14-4-1-6-16-7-5-14)10-8-9-2-3-11(10)13-9/h9-11,13H,1-8H2. The zero-order valence-corrected chi connectivity index (χ0v) is 10.5. The molecule has 90 valence electrons. The summed E-state index contributed by atoms with van der Waals surface area (Å²) in [6.07, 6.45) is 4.76. The van der Waals surface area contributed by atoms with Crippen LogP contribution < -0.4 is 5.32 Å². The molecule has 1 N–H and O–H groups in total. The van der Waals surface area contributed by atoms with Crippen LogP contribution >= 0.6 is 11.8 Å². The minimum Gasteiger partial charge on any atom is -0.342 e. The van der Waals surface area contributed by atoms with Crippen molar-refractivity contribution in [2.45, 2.75) is 37.8 Å². The van der Waals surface area contributed by atoms with E-state index in [1.165, 1.54) is 25.0 Å². The van der Waals surface area contributed by atoms with Crippen LogP contribution in [-0.4, -0.2) is 47.5 Å². The van der Waals surface area contributed by atoms with Crippen molar-refractivity contribution in [2.75, 3.05) is 24.6 Å². The number of hydrogen-bond acceptors (Lipinski definition) is 3. The summed E-state index contributed by atoms with van der Waals surface area (Å²) in [7, 11) is 0. The second kappa shape index (κ2) is 4.57. The Bertz CT molecular complexity index is 276. The molecule has 3 rings (SSSR count). The third-order valence-electron chi connectivity index (χ3n) is 4.15. The van der Waals surface area contributed by atoms with Crippen molar-refractivity contribution >= 4 is 17.7 Å². The van der Waals surface area contributed by atoms with E-state index in [-0.39, 0.29) is 0 Å². The maximum Gasteiger partial charge on any atom is 0.227 e. The monoisotopic (exact) mass is 240 g/mol. The van der Waals surface area contributed by atoms with Gasteiger partial charge in [0.1, 0.15) is 0 Å². The highest BCUT2D eigenvalue weighted by Crippen LogP contribution is 2.34. The molecule has 3 saturated heterocycles. The maximum absolute atomic E-state index is 12.4. The molecular formula is C12H20N2OS. The topological polar surface area (TPSA) is 32.3 Å². The van der Waals surface area contributed by atoms with E-state index in [0.717, 1.165) is 25.3 Å². The van der Waals surface area contributed by atoms with E-state index in [2.05, 4.69) is 10.2 Å². The minimum atomic E-state index is 0.293. The lowest BCUT2D eigenvalue weighted by molar-refractivity contribution is -0.135. The maximum atomic E-state index is 12.4. The Hall–Kier alpha value is -0.220. The van der Waals surface area contributed by atoms with E-state index in [4.69, 9.17) is 0 Å². The van der Waals surface area contributed by atoms with Crippen molar-refractivity contribution in [3.63, 3.8) is 0 Å². The number of fused-ring (bicyclic) bond motifs is 2. The Kier molecular flexibility index (Phi) is 3.11. The smallest absolute Gasteiger partial charge is 0.227 e. The van der Waals surface area contributed by atoms with E-state index in [9.17, 15) is 4.79 Å². The van der Waals surface area contributed by atoms with Crippen LogP contribution in [-0.2, 0) is 4.79 Å². The van der Waals surface area contributed by atoms with Crippen LogP contribution in [0.1, 0.15) is 25.7 Å². The van der Waals surface area contributed by atoms with Crippen LogP contribution in [0.4, 0.5) is 0 Å². The molecule has 3 atom stereocenters. The minimum absolute atomic E-state index is 0.293. The Morgan fingerprint density at radius 1 is 1.25 bits per heavy atom. The predicted molar refractivity (Wildman–Crippen MR) is 66.6 cm³/mol. The zero-order valence-electron chi connectivity index (χ0n) is 9.65. The Morgan fingerprint density at radius 3 is 2.94 bits per heavy atom. The summed E-state index contributed by atoms with van der Waals surface area (Å²) >= 11 is 1.99. The average Bonchev–Trinajstić information content (AvgIpc) is 2.82. The number of nitrogens with zero attached hydrogens (tertiary/aromatic N) is 1. The lowest BCUT2D eigenvalue weighted by atomic mass is 9.88. The van der Waals surface area contributed by atoms with Gasteiger partial charge < -0.3 is 10.2 Å². The number of carbonyl (C=O) groups is 1. The lowest BCUT2D eigenvalue weighted by Gasteiger charge is -2.27. The van der Waals surface area contributed by atoms with E-state index < -0.39 is 0 Å². The fourth-order valence-corrected chi connectivity index (χ4v) is 4.18. The highest BCUT2D eigenvalue weighted by molar-refractivity contribution is 7.99. The van der Waals surface area contributed by atoms with E-state index in [0.29, 0.717) is 23.9 Å². The summed E-state index contributed by atoms with van der Waals surface area (Å²) in [4.78, 5) is 14.5. The fraction of sp³-hybridized carbons (Fsp3) is 0.917. The summed E-state index contributed by atoms with van der Waals surface area (Å²) < 4.78 is 0. The van der Waals surface area contributed by atoms with Crippen LogP contribution in [0.5, 0.6) is 0 Å². The molecule has 0 saturated carbocycles. The molecule has 0 aromatic heterocycles. The van der Waals surface area contributed by atoms with Gasteiger partial charge in [0, 0.05) is 30.9 Å².